The topological polar surface area (TPSA) is 81.5 Å². The summed E-state index contributed by atoms with van der Waals surface area (Å²) in [4.78, 5) is 14.5. The van der Waals surface area contributed by atoms with E-state index in [0.29, 0.717) is 32.5 Å². The highest BCUT2D eigenvalue weighted by atomic mass is 32.2. The summed E-state index contributed by atoms with van der Waals surface area (Å²) in [5.41, 5.74) is 1.73. The van der Waals surface area contributed by atoms with Crippen LogP contribution < -0.4 is 0 Å². The number of piperidine rings is 1. The summed E-state index contributed by atoms with van der Waals surface area (Å²) in [6, 6.07) is 20.7. The van der Waals surface area contributed by atoms with Gasteiger partial charge in [0.15, 0.2) is 0 Å². The van der Waals surface area contributed by atoms with Crippen LogP contribution in [0.1, 0.15) is 24.0 Å². The van der Waals surface area contributed by atoms with E-state index in [4.69, 9.17) is 5.26 Å². The van der Waals surface area contributed by atoms with Gasteiger partial charge in [-0.3, -0.25) is 4.79 Å². The van der Waals surface area contributed by atoms with Crippen LogP contribution in [0.4, 0.5) is 0 Å². The van der Waals surface area contributed by atoms with Gasteiger partial charge >= 0.3 is 0 Å². The molecule has 0 bridgehead atoms. The second kappa shape index (κ2) is 9.68. The van der Waals surface area contributed by atoms with Crippen LogP contribution >= 0.6 is 0 Å². The van der Waals surface area contributed by atoms with Crippen LogP contribution in [0.3, 0.4) is 0 Å². The molecule has 0 atom stereocenters. The van der Waals surface area contributed by atoms with Gasteiger partial charge in [0.2, 0.25) is 15.9 Å². The molecule has 1 amide bonds. The van der Waals surface area contributed by atoms with Crippen LogP contribution in [-0.4, -0.2) is 43.2 Å². The molecule has 1 heterocycles. The van der Waals surface area contributed by atoms with Crippen molar-refractivity contribution in [2.45, 2.75) is 25.1 Å². The molecular weight excluding hydrogens is 386 g/mol. The van der Waals surface area contributed by atoms with E-state index in [0.717, 1.165) is 11.1 Å². The third-order valence-corrected chi connectivity index (χ3v) is 7.03. The SMILES string of the molecule is N#CCN(Cc1ccccc1)C(=O)C1CCN(S(=O)(=O)Cc2ccccc2)CC1. The minimum atomic E-state index is -3.41. The lowest BCUT2D eigenvalue weighted by atomic mass is 9.96. The number of rotatable bonds is 7. The van der Waals surface area contributed by atoms with Gasteiger partial charge in [0.05, 0.1) is 11.8 Å². The number of benzene rings is 2. The van der Waals surface area contributed by atoms with Gasteiger partial charge in [0.1, 0.15) is 6.54 Å². The van der Waals surface area contributed by atoms with Gasteiger partial charge in [-0.2, -0.15) is 5.26 Å². The van der Waals surface area contributed by atoms with Crippen LogP contribution in [0.25, 0.3) is 0 Å². The third kappa shape index (κ3) is 5.66. The lowest BCUT2D eigenvalue weighted by molar-refractivity contribution is -0.136. The molecule has 0 saturated carbocycles. The van der Waals surface area contributed by atoms with Gasteiger partial charge in [-0.1, -0.05) is 60.7 Å². The Bertz CT molecular complexity index is 948. The Labute approximate surface area is 172 Å². The van der Waals surface area contributed by atoms with E-state index in [2.05, 4.69) is 6.07 Å². The molecule has 0 radical (unpaired) electrons. The fourth-order valence-corrected chi connectivity index (χ4v) is 5.18. The number of hydrogen-bond acceptors (Lipinski definition) is 4. The van der Waals surface area contributed by atoms with E-state index in [1.165, 1.54) is 4.31 Å². The Hall–Kier alpha value is -2.69. The number of carbonyl (C=O) groups is 1. The minimum Gasteiger partial charge on any atom is -0.325 e. The third-order valence-electron chi connectivity index (χ3n) is 5.18. The lowest BCUT2D eigenvalue weighted by Gasteiger charge is -2.33. The Morgan fingerprint density at radius 3 is 2.10 bits per heavy atom. The quantitative estimate of drug-likeness (QED) is 0.656. The average molecular weight is 412 g/mol. The van der Waals surface area contributed by atoms with Crippen LogP contribution in [-0.2, 0) is 27.1 Å². The van der Waals surface area contributed by atoms with E-state index in [1.54, 1.807) is 17.0 Å². The van der Waals surface area contributed by atoms with Crippen molar-refractivity contribution >= 4 is 15.9 Å². The number of sulfonamides is 1. The molecule has 2 aromatic carbocycles. The predicted octanol–water partition coefficient (Wildman–Crippen LogP) is 2.78. The van der Waals surface area contributed by atoms with Crippen molar-refractivity contribution in [2.24, 2.45) is 5.92 Å². The first-order valence-corrected chi connectivity index (χ1v) is 11.3. The average Bonchev–Trinajstić information content (AvgIpc) is 2.74. The Morgan fingerprint density at radius 2 is 1.55 bits per heavy atom. The van der Waals surface area contributed by atoms with Crippen LogP contribution in [0.2, 0.25) is 0 Å². The lowest BCUT2D eigenvalue weighted by Crippen LogP contribution is -2.44. The number of amides is 1. The van der Waals surface area contributed by atoms with Gasteiger partial charge in [0, 0.05) is 25.6 Å². The molecule has 1 aliphatic heterocycles. The van der Waals surface area contributed by atoms with E-state index < -0.39 is 10.0 Å². The Morgan fingerprint density at radius 1 is 1.00 bits per heavy atom. The molecule has 0 unspecified atom stereocenters. The molecule has 7 heteroatoms. The van der Waals surface area contributed by atoms with Crippen molar-refractivity contribution in [2.75, 3.05) is 19.6 Å². The molecular formula is C22H25N3O3S. The molecule has 2 aromatic rings. The van der Waals surface area contributed by atoms with Crippen molar-refractivity contribution in [3.05, 3.63) is 71.8 Å². The maximum Gasteiger partial charge on any atom is 0.226 e. The predicted molar refractivity (Wildman–Crippen MR) is 111 cm³/mol. The smallest absolute Gasteiger partial charge is 0.226 e. The number of nitrogens with zero attached hydrogens (tertiary/aromatic N) is 3. The molecule has 6 nitrogen and oxygen atoms in total. The number of hydrogen-bond donors (Lipinski definition) is 0. The first-order chi connectivity index (χ1) is 14.0. The first-order valence-electron chi connectivity index (χ1n) is 9.71. The van der Waals surface area contributed by atoms with E-state index in [-0.39, 0.29) is 24.1 Å². The van der Waals surface area contributed by atoms with E-state index >= 15 is 0 Å². The molecule has 1 fully saturated rings. The summed E-state index contributed by atoms with van der Waals surface area (Å²) in [7, 11) is -3.41. The fourth-order valence-electron chi connectivity index (χ4n) is 3.62. The molecule has 3 rings (SSSR count). The van der Waals surface area contributed by atoms with Gasteiger partial charge in [-0.25, -0.2) is 12.7 Å². The first kappa shape index (κ1) is 21.0. The number of carbonyl (C=O) groups excluding carboxylic acids is 1. The maximum atomic E-state index is 12.9. The molecule has 1 saturated heterocycles. The van der Waals surface area contributed by atoms with Crippen LogP contribution in [0.15, 0.2) is 60.7 Å². The minimum absolute atomic E-state index is 0.0268. The Balaban J connectivity index is 1.59. The second-order valence-corrected chi connectivity index (χ2v) is 9.22. The highest BCUT2D eigenvalue weighted by Gasteiger charge is 2.33. The molecule has 1 aliphatic rings. The largest absolute Gasteiger partial charge is 0.325 e. The normalized spacial score (nSPS) is 15.6. The van der Waals surface area contributed by atoms with Crippen molar-refractivity contribution < 1.29 is 13.2 Å². The summed E-state index contributed by atoms with van der Waals surface area (Å²) >= 11 is 0. The summed E-state index contributed by atoms with van der Waals surface area (Å²) in [5.74, 6) is -0.355. The molecule has 0 aromatic heterocycles. The highest BCUT2D eigenvalue weighted by molar-refractivity contribution is 7.88. The van der Waals surface area contributed by atoms with Crippen LogP contribution in [0, 0.1) is 17.2 Å². The molecule has 0 aliphatic carbocycles. The van der Waals surface area contributed by atoms with Gasteiger partial charge < -0.3 is 4.90 Å². The monoisotopic (exact) mass is 411 g/mol. The van der Waals surface area contributed by atoms with Gasteiger partial charge in [-0.15, -0.1) is 0 Å². The summed E-state index contributed by atoms with van der Waals surface area (Å²) in [5, 5.41) is 9.12. The molecule has 0 spiro atoms. The summed E-state index contributed by atoms with van der Waals surface area (Å²) in [6.45, 7) is 1.08. The molecule has 152 valence electrons. The second-order valence-electron chi connectivity index (χ2n) is 7.25. The van der Waals surface area contributed by atoms with Gasteiger partial charge in [0.25, 0.3) is 0 Å². The zero-order chi connectivity index (χ0) is 20.7. The summed E-state index contributed by atoms with van der Waals surface area (Å²) < 4.78 is 26.9. The molecule has 29 heavy (non-hydrogen) atoms. The highest BCUT2D eigenvalue weighted by Crippen LogP contribution is 2.24. The Kier molecular flexibility index (Phi) is 7.02. The van der Waals surface area contributed by atoms with Crippen molar-refractivity contribution in [3.8, 4) is 6.07 Å². The van der Waals surface area contributed by atoms with Crippen LogP contribution in [0.5, 0.6) is 0 Å². The van der Waals surface area contributed by atoms with Crippen molar-refractivity contribution in [3.63, 3.8) is 0 Å². The maximum absolute atomic E-state index is 12.9. The van der Waals surface area contributed by atoms with Crippen molar-refractivity contribution in [1.82, 2.24) is 9.21 Å². The molecule has 0 N–H and O–H groups in total. The standard InChI is InChI=1S/C22H25N3O3S/c23-13-16-24(17-19-7-3-1-4-8-19)22(26)21-11-14-25(15-12-21)29(27,28)18-20-9-5-2-6-10-20/h1-10,21H,11-12,14-18H2. The van der Waals surface area contributed by atoms with Gasteiger partial charge in [-0.05, 0) is 24.0 Å². The van der Waals surface area contributed by atoms with E-state index in [9.17, 15) is 13.2 Å². The fraction of sp³-hybridized carbons (Fsp3) is 0.364. The summed E-state index contributed by atoms with van der Waals surface area (Å²) in [6.07, 6.45) is 0.952. The van der Waals surface area contributed by atoms with Crippen molar-refractivity contribution in [1.29, 1.82) is 5.26 Å². The van der Waals surface area contributed by atoms with E-state index in [1.807, 2.05) is 48.5 Å². The zero-order valence-corrected chi connectivity index (χ0v) is 17.1. The number of nitriles is 1. The zero-order valence-electron chi connectivity index (χ0n) is 16.3.